The van der Waals surface area contributed by atoms with Gasteiger partial charge in [-0.05, 0) is 62.9 Å². The van der Waals surface area contributed by atoms with Crippen molar-refractivity contribution < 1.29 is 19.5 Å². The third-order valence-electron chi connectivity index (χ3n) is 8.24. The topological polar surface area (TPSA) is 105 Å². The van der Waals surface area contributed by atoms with Gasteiger partial charge in [0.25, 0.3) is 5.91 Å². The first-order valence-corrected chi connectivity index (χ1v) is 13.8. The molecule has 2 aromatic carbocycles. The molecule has 2 atom stereocenters. The summed E-state index contributed by atoms with van der Waals surface area (Å²) in [4.78, 5) is 43.4. The number of nitrogens with one attached hydrogen (secondary N) is 2. The molecule has 3 heterocycles. The number of piperidine rings is 1. The molecule has 9 heteroatoms. The fourth-order valence-electron chi connectivity index (χ4n) is 5.89. The van der Waals surface area contributed by atoms with Gasteiger partial charge in [0, 0.05) is 68.0 Å². The molecule has 3 N–H and O–H groups in total. The molecule has 5 rings (SSSR count). The predicted molar refractivity (Wildman–Crippen MR) is 149 cm³/mol. The normalized spacial score (nSPS) is 22.7. The van der Waals surface area contributed by atoms with Crippen LogP contribution < -0.4 is 10.6 Å². The largest absolute Gasteiger partial charge is 0.381 e. The zero-order valence-corrected chi connectivity index (χ0v) is 23.3. The second kappa shape index (κ2) is 10.7. The number of aliphatic hydroxyl groups is 1. The Hall–Kier alpha value is -3.27. The van der Waals surface area contributed by atoms with E-state index in [0.717, 1.165) is 38.3 Å². The summed E-state index contributed by atoms with van der Waals surface area (Å²) in [6.45, 7) is 14.7. The zero-order valence-electron chi connectivity index (χ0n) is 23.3. The Kier molecular flexibility index (Phi) is 7.50. The highest BCUT2D eigenvalue weighted by Gasteiger charge is 2.45. The van der Waals surface area contributed by atoms with E-state index in [1.165, 1.54) is 16.0 Å². The van der Waals surface area contributed by atoms with Crippen LogP contribution in [0.3, 0.4) is 0 Å². The second-order valence-corrected chi connectivity index (χ2v) is 11.9. The number of fused-ring (bicyclic) bond motifs is 1. The van der Waals surface area contributed by atoms with Crippen molar-refractivity contribution >= 4 is 23.4 Å². The Balaban J connectivity index is 1.23. The number of aryl methyl sites for hydroxylation is 1. The summed E-state index contributed by atoms with van der Waals surface area (Å²) >= 11 is 0. The molecule has 2 fully saturated rings. The van der Waals surface area contributed by atoms with Gasteiger partial charge in [-0.3, -0.25) is 34.4 Å². The Bertz CT molecular complexity index is 1280. The Morgan fingerprint density at radius 1 is 1.05 bits per heavy atom. The van der Waals surface area contributed by atoms with Crippen molar-refractivity contribution in [3.8, 4) is 0 Å². The highest BCUT2D eigenvalue weighted by Crippen LogP contribution is 2.39. The van der Waals surface area contributed by atoms with E-state index in [2.05, 4.69) is 66.3 Å². The SMILES string of the molecule is Cc1cc(CNc2cccc3c2C(O)N(C2CCC(=O)NC2=O)C3=O)ccc1CN1CCN(C(C)(C)C)CC1. The van der Waals surface area contributed by atoms with Crippen LogP contribution in [-0.2, 0) is 22.7 Å². The molecule has 0 aliphatic carbocycles. The quantitative estimate of drug-likeness (QED) is 0.491. The highest BCUT2D eigenvalue weighted by molar-refractivity contribution is 6.06. The number of aliphatic hydroxyl groups excluding tert-OH is 1. The van der Waals surface area contributed by atoms with Crippen LogP contribution in [0.2, 0.25) is 0 Å². The van der Waals surface area contributed by atoms with E-state index in [0.29, 0.717) is 23.4 Å². The number of nitrogens with zero attached hydrogens (tertiary/aromatic N) is 3. The highest BCUT2D eigenvalue weighted by atomic mass is 16.3. The molecule has 3 aliphatic heterocycles. The van der Waals surface area contributed by atoms with Crippen LogP contribution in [0.25, 0.3) is 0 Å². The van der Waals surface area contributed by atoms with Crippen molar-refractivity contribution in [2.75, 3.05) is 31.5 Å². The lowest BCUT2D eigenvalue weighted by Gasteiger charge is -2.42. The van der Waals surface area contributed by atoms with Gasteiger partial charge in [0.2, 0.25) is 11.8 Å². The van der Waals surface area contributed by atoms with Gasteiger partial charge in [-0.25, -0.2) is 0 Å². The molecular weight excluding hydrogens is 494 g/mol. The fourth-order valence-corrected chi connectivity index (χ4v) is 5.89. The number of imide groups is 1. The van der Waals surface area contributed by atoms with Gasteiger partial charge in [0.15, 0.2) is 6.23 Å². The second-order valence-electron chi connectivity index (χ2n) is 11.9. The van der Waals surface area contributed by atoms with E-state index in [1.54, 1.807) is 12.1 Å². The molecule has 0 aromatic heterocycles. The minimum Gasteiger partial charge on any atom is -0.381 e. The molecule has 0 radical (unpaired) electrons. The third kappa shape index (κ3) is 5.57. The maximum atomic E-state index is 13.1. The van der Waals surface area contributed by atoms with Gasteiger partial charge < -0.3 is 10.4 Å². The monoisotopic (exact) mass is 533 g/mol. The molecule has 9 nitrogen and oxygen atoms in total. The van der Waals surface area contributed by atoms with Crippen LogP contribution in [0.15, 0.2) is 36.4 Å². The number of hydrogen-bond acceptors (Lipinski definition) is 7. The van der Waals surface area contributed by atoms with Crippen molar-refractivity contribution in [3.63, 3.8) is 0 Å². The predicted octanol–water partition coefficient (Wildman–Crippen LogP) is 2.78. The van der Waals surface area contributed by atoms with Crippen LogP contribution in [0.1, 0.15) is 72.5 Å². The molecule has 3 amide bonds. The first kappa shape index (κ1) is 27.3. The first-order chi connectivity index (χ1) is 18.5. The van der Waals surface area contributed by atoms with E-state index < -0.39 is 24.1 Å². The summed E-state index contributed by atoms with van der Waals surface area (Å²) < 4.78 is 0. The van der Waals surface area contributed by atoms with Crippen LogP contribution in [0.4, 0.5) is 5.69 Å². The fraction of sp³-hybridized carbons (Fsp3) is 0.500. The van der Waals surface area contributed by atoms with Crippen molar-refractivity contribution in [3.05, 3.63) is 64.2 Å². The van der Waals surface area contributed by atoms with Gasteiger partial charge in [-0.1, -0.05) is 24.3 Å². The third-order valence-corrected chi connectivity index (χ3v) is 8.24. The minimum atomic E-state index is -1.26. The van der Waals surface area contributed by atoms with Crippen LogP contribution in [0.5, 0.6) is 0 Å². The number of benzene rings is 2. The van der Waals surface area contributed by atoms with Gasteiger partial charge in [0.05, 0.1) is 0 Å². The lowest BCUT2D eigenvalue weighted by atomic mass is 10.0. The summed E-state index contributed by atoms with van der Waals surface area (Å²) in [6.07, 6.45) is -0.929. The average Bonchev–Trinajstić information content (AvgIpc) is 3.14. The van der Waals surface area contributed by atoms with E-state index in [9.17, 15) is 19.5 Å². The number of amides is 3. The number of carbonyl (C=O) groups excluding carboxylic acids is 3. The first-order valence-electron chi connectivity index (χ1n) is 13.8. The smallest absolute Gasteiger partial charge is 0.257 e. The van der Waals surface area contributed by atoms with Crippen LogP contribution >= 0.6 is 0 Å². The molecule has 208 valence electrons. The van der Waals surface area contributed by atoms with Crippen molar-refractivity contribution in [2.45, 2.75) is 71.4 Å². The average molecular weight is 534 g/mol. The van der Waals surface area contributed by atoms with Gasteiger partial charge in [-0.15, -0.1) is 0 Å². The van der Waals surface area contributed by atoms with Gasteiger partial charge >= 0.3 is 0 Å². The van der Waals surface area contributed by atoms with E-state index in [4.69, 9.17) is 0 Å². The van der Waals surface area contributed by atoms with E-state index in [1.807, 2.05) is 6.07 Å². The standard InChI is InChI=1S/C30H39N5O4/c1-19-16-20(8-9-21(19)18-33-12-14-34(15-13-33)30(2,3)4)17-31-23-7-5-6-22-26(23)29(39)35(28(22)38)24-10-11-25(36)32-27(24)37/h5-9,16,24,29,31,39H,10-15,17-18H2,1-4H3,(H,32,36,37). The molecule has 0 bridgehead atoms. The molecular formula is C30H39N5O4. The van der Waals surface area contributed by atoms with Crippen molar-refractivity contribution in [1.29, 1.82) is 0 Å². The molecule has 0 saturated carbocycles. The summed E-state index contributed by atoms with van der Waals surface area (Å²) in [5.74, 6) is -1.31. The Labute approximate surface area is 230 Å². The number of carbonyl (C=O) groups is 3. The van der Waals surface area contributed by atoms with Crippen molar-refractivity contribution in [1.82, 2.24) is 20.0 Å². The lowest BCUT2D eigenvalue weighted by molar-refractivity contribution is -0.139. The molecule has 2 aromatic rings. The van der Waals surface area contributed by atoms with Crippen LogP contribution in [0, 0.1) is 6.92 Å². The maximum Gasteiger partial charge on any atom is 0.257 e. The van der Waals surface area contributed by atoms with Gasteiger partial charge in [0.1, 0.15) is 6.04 Å². The number of hydrogen-bond donors (Lipinski definition) is 3. The zero-order chi connectivity index (χ0) is 27.9. The molecule has 39 heavy (non-hydrogen) atoms. The van der Waals surface area contributed by atoms with Crippen molar-refractivity contribution in [2.24, 2.45) is 0 Å². The minimum absolute atomic E-state index is 0.136. The lowest BCUT2D eigenvalue weighted by Crippen LogP contribution is -2.53. The van der Waals surface area contributed by atoms with Crippen LogP contribution in [-0.4, -0.2) is 75.3 Å². The maximum absolute atomic E-state index is 13.1. The van der Waals surface area contributed by atoms with E-state index in [-0.39, 0.29) is 24.3 Å². The Morgan fingerprint density at radius 3 is 2.46 bits per heavy atom. The Morgan fingerprint density at radius 2 is 1.79 bits per heavy atom. The number of anilines is 1. The summed E-state index contributed by atoms with van der Waals surface area (Å²) in [5, 5.41) is 16.8. The molecule has 2 unspecified atom stereocenters. The molecule has 2 saturated heterocycles. The summed E-state index contributed by atoms with van der Waals surface area (Å²) in [5.41, 5.74) is 5.37. The number of piperazine rings is 1. The molecule has 3 aliphatic rings. The summed E-state index contributed by atoms with van der Waals surface area (Å²) in [6, 6.07) is 10.9. The molecule has 0 spiro atoms. The summed E-state index contributed by atoms with van der Waals surface area (Å²) in [7, 11) is 0. The number of rotatable bonds is 6. The van der Waals surface area contributed by atoms with E-state index >= 15 is 0 Å². The van der Waals surface area contributed by atoms with Gasteiger partial charge in [-0.2, -0.15) is 0 Å².